The maximum Gasteiger partial charge on any atom is 0.169 e. The van der Waals surface area contributed by atoms with Gasteiger partial charge in [-0.15, -0.1) is 0 Å². The highest BCUT2D eigenvalue weighted by Crippen LogP contribution is 2.27. The first-order valence-electron chi connectivity index (χ1n) is 7.09. The molecular weight excluding hydrogens is 267 g/mol. The van der Waals surface area contributed by atoms with Crippen molar-refractivity contribution in [2.45, 2.75) is 19.5 Å². The van der Waals surface area contributed by atoms with Crippen LogP contribution in [0.1, 0.15) is 16.7 Å². The van der Waals surface area contributed by atoms with Crippen LogP contribution in [0.2, 0.25) is 0 Å². The smallest absolute Gasteiger partial charge is 0.169 e. The Balaban J connectivity index is 1.79. The lowest BCUT2D eigenvalue weighted by Gasteiger charge is -2.29. The Bertz CT molecular complexity index is 657. The van der Waals surface area contributed by atoms with Crippen molar-refractivity contribution in [3.63, 3.8) is 0 Å². The summed E-state index contributed by atoms with van der Waals surface area (Å²) in [4.78, 5) is 2.24. The number of anilines is 1. The lowest BCUT2D eigenvalue weighted by atomic mass is 9.97. The summed E-state index contributed by atoms with van der Waals surface area (Å²) in [5.41, 5.74) is 10.0. The number of halogens is 1. The van der Waals surface area contributed by atoms with E-state index < -0.39 is 0 Å². The van der Waals surface area contributed by atoms with Gasteiger partial charge in [0.05, 0.1) is 7.11 Å². The molecule has 110 valence electrons. The van der Waals surface area contributed by atoms with Crippen LogP contribution in [-0.4, -0.2) is 18.6 Å². The highest BCUT2D eigenvalue weighted by atomic mass is 19.1. The molecule has 0 unspecified atom stereocenters. The van der Waals surface area contributed by atoms with Gasteiger partial charge < -0.3 is 10.5 Å². The molecule has 2 aromatic rings. The predicted molar refractivity (Wildman–Crippen MR) is 81.6 cm³/mol. The molecule has 2 aromatic carbocycles. The van der Waals surface area contributed by atoms with Crippen LogP contribution >= 0.6 is 0 Å². The number of nitrogens with zero attached hydrogens (tertiary/aromatic N) is 1. The summed E-state index contributed by atoms with van der Waals surface area (Å²) in [6.07, 6.45) is 0.910. The molecule has 2 N–H and O–H groups in total. The molecular formula is C17H19FN2O. The van der Waals surface area contributed by atoms with E-state index in [9.17, 15) is 4.39 Å². The Labute approximate surface area is 124 Å². The Morgan fingerprint density at radius 3 is 2.86 bits per heavy atom. The summed E-state index contributed by atoms with van der Waals surface area (Å²) in [6.45, 7) is 2.27. The molecule has 0 saturated heterocycles. The molecule has 3 rings (SSSR count). The summed E-state index contributed by atoms with van der Waals surface area (Å²) < 4.78 is 19.3. The van der Waals surface area contributed by atoms with Crippen molar-refractivity contribution in [1.82, 2.24) is 4.90 Å². The largest absolute Gasteiger partial charge is 0.494 e. The Morgan fingerprint density at radius 2 is 2.05 bits per heavy atom. The van der Waals surface area contributed by atoms with Crippen molar-refractivity contribution in [2.24, 2.45) is 0 Å². The van der Waals surface area contributed by atoms with Gasteiger partial charge in [-0.25, -0.2) is 4.39 Å². The minimum Gasteiger partial charge on any atom is -0.494 e. The number of benzene rings is 2. The molecule has 21 heavy (non-hydrogen) atoms. The number of nitrogens with two attached hydrogens (primary N) is 1. The molecule has 0 bridgehead atoms. The summed E-state index contributed by atoms with van der Waals surface area (Å²) in [6, 6.07) is 11.3. The normalized spacial score (nSPS) is 14.8. The van der Waals surface area contributed by atoms with Crippen LogP contribution in [0.3, 0.4) is 0 Å². The van der Waals surface area contributed by atoms with E-state index >= 15 is 0 Å². The second kappa shape index (κ2) is 5.74. The Kier molecular flexibility index (Phi) is 3.80. The second-order valence-corrected chi connectivity index (χ2v) is 5.38. The SMILES string of the molecule is COc1cccc(CN2CCc3c(N)cccc3C2)c1F. The summed E-state index contributed by atoms with van der Waals surface area (Å²) >= 11 is 0. The number of rotatable bonds is 3. The summed E-state index contributed by atoms with van der Waals surface area (Å²) in [5.74, 6) is 0.0347. The lowest BCUT2D eigenvalue weighted by Crippen LogP contribution is -2.30. The molecule has 1 aliphatic heterocycles. The third-order valence-corrected chi connectivity index (χ3v) is 4.04. The highest BCUT2D eigenvalue weighted by Gasteiger charge is 2.19. The molecule has 0 atom stereocenters. The second-order valence-electron chi connectivity index (χ2n) is 5.38. The summed E-state index contributed by atoms with van der Waals surface area (Å²) in [5, 5.41) is 0. The van der Waals surface area contributed by atoms with Crippen molar-refractivity contribution in [1.29, 1.82) is 0 Å². The van der Waals surface area contributed by atoms with E-state index in [1.807, 2.05) is 24.3 Å². The van der Waals surface area contributed by atoms with E-state index in [4.69, 9.17) is 10.5 Å². The van der Waals surface area contributed by atoms with Crippen LogP contribution in [0.4, 0.5) is 10.1 Å². The monoisotopic (exact) mass is 286 g/mol. The van der Waals surface area contributed by atoms with Gasteiger partial charge >= 0.3 is 0 Å². The van der Waals surface area contributed by atoms with Gasteiger partial charge in [0, 0.05) is 30.9 Å². The lowest BCUT2D eigenvalue weighted by molar-refractivity contribution is 0.241. The molecule has 0 aliphatic carbocycles. The Hall–Kier alpha value is -2.07. The van der Waals surface area contributed by atoms with E-state index in [-0.39, 0.29) is 5.82 Å². The van der Waals surface area contributed by atoms with E-state index in [1.165, 1.54) is 18.2 Å². The quantitative estimate of drug-likeness (QED) is 0.882. The van der Waals surface area contributed by atoms with Crippen LogP contribution in [-0.2, 0) is 19.5 Å². The van der Waals surface area contributed by atoms with E-state index in [0.717, 1.165) is 25.2 Å². The van der Waals surface area contributed by atoms with Crippen LogP contribution in [0.5, 0.6) is 5.75 Å². The molecule has 0 spiro atoms. The fraction of sp³-hybridized carbons (Fsp3) is 0.294. The van der Waals surface area contributed by atoms with Gasteiger partial charge in [-0.1, -0.05) is 24.3 Å². The first-order chi connectivity index (χ1) is 10.2. The number of methoxy groups -OCH3 is 1. The summed E-state index contributed by atoms with van der Waals surface area (Å²) in [7, 11) is 1.49. The molecule has 4 heteroatoms. The molecule has 1 aliphatic rings. The predicted octanol–water partition coefficient (Wildman–Crippen LogP) is 2.97. The van der Waals surface area contributed by atoms with Crippen LogP contribution in [0, 0.1) is 5.82 Å². The van der Waals surface area contributed by atoms with Gasteiger partial charge in [-0.2, -0.15) is 0 Å². The van der Waals surface area contributed by atoms with E-state index in [2.05, 4.69) is 11.0 Å². The molecule has 0 radical (unpaired) electrons. The average Bonchev–Trinajstić information content (AvgIpc) is 2.49. The molecule has 0 saturated carbocycles. The zero-order chi connectivity index (χ0) is 14.8. The third kappa shape index (κ3) is 2.72. The van der Waals surface area contributed by atoms with E-state index in [1.54, 1.807) is 6.07 Å². The number of hydrogen-bond donors (Lipinski definition) is 1. The minimum absolute atomic E-state index is 0.265. The number of nitrogen functional groups attached to an aromatic ring is 1. The van der Waals surface area contributed by atoms with Crippen molar-refractivity contribution < 1.29 is 9.13 Å². The van der Waals surface area contributed by atoms with Crippen molar-refractivity contribution in [3.05, 3.63) is 58.9 Å². The standard InChI is InChI=1S/C17H19FN2O/c1-21-16-7-3-5-13(17(16)18)11-20-9-8-14-12(10-20)4-2-6-15(14)19/h2-7H,8-11,19H2,1H3. The van der Waals surface area contributed by atoms with Gasteiger partial charge in [0.15, 0.2) is 11.6 Å². The van der Waals surface area contributed by atoms with Crippen molar-refractivity contribution in [3.8, 4) is 5.75 Å². The maximum atomic E-state index is 14.2. The molecule has 0 aromatic heterocycles. The molecule has 3 nitrogen and oxygen atoms in total. The fourth-order valence-electron chi connectivity index (χ4n) is 2.91. The van der Waals surface area contributed by atoms with Gasteiger partial charge in [0.1, 0.15) is 0 Å². The number of fused-ring (bicyclic) bond motifs is 1. The van der Waals surface area contributed by atoms with Crippen LogP contribution in [0.25, 0.3) is 0 Å². The topological polar surface area (TPSA) is 38.5 Å². The third-order valence-electron chi connectivity index (χ3n) is 4.04. The number of ether oxygens (including phenoxy) is 1. The Morgan fingerprint density at radius 1 is 1.24 bits per heavy atom. The van der Waals surface area contributed by atoms with Crippen LogP contribution in [0.15, 0.2) is 36.4 Å². The van der Waals surface area contributed by atoms with Gasteiger partial charge in [-0.05, 0) is 29.7 Å². The minimum atomic E-state index is -0.265. The number of hydrogen-bond acceptors (Lipinski definition) is 3. The maximum absolute atomic E-state index is 14.2. The van der Waals surface area contributed by atoms with Crippen LogP contribution < -0.4 is 10.5 Å². The van der Waals surface area contributed by atoms with Gasteiger partial charge in [-0.3, -0.25) is 4.90 Å². The average molecular weight is 286 g/mol. The van der Waals surface area contributed by atoms with Crippen molar-refractivity contribution >= 4 is 5.69 Å². The molecule has 0 fully saturated rings. The molecule has 0 amide bonds. The zero-order valence-corrected chi connectivity index (χ0v) is 12.1. The zero-order valence-electron chi connectivity index (χ0n) is 12.1. The fourth-order valence-corrected chi connectivity index (χ4v) is 2.91. The van der Waals surface area contributed by atoms with Gasteiger partial charge in [0.25, 0.3) is 0 Å². The first kappa shape index (κ1) is 13.9. The van der Waals surface area contributed by atoms with Crippen molar-refractivity contribution in [2.75, 3.05) is 19.4 Å². The van der Waals surface area contributed by atoms with Gasteiger partial charge in [0.2, 0.25) is 0 Å². The highest BCUT2D eigenvalue weighted by molar-refractivity contribution is 5.51. The van der Waals surface area contributed by atoms with E-state index in [0.29, 0.717) is 17.9 Å². The first-order valence-corrected chi connectivity index (χ1v) is 7.09. The molecule has 1 heterocycles.